The molecule has 1 N–H and O–H groups in total. The van der Waals surface area contributed by atoms with Crippen molar-refractivity contribution in [2.24, 2.45) is 0 Å². The Morgan fingerprint density at radius 1 is 1.62 bits per heavy atom. The maximum Gasteiger partial charge on any atom is 0.244 e. The Labute approximate surface area is 95.7 Å². The lowest BCUT2D eigenvalue weighted by molar-refractivity contribution is -0.115. The minimum absolute atomic E-state index is 0.0419. The molecule has 1 aliphatic rings. The van der Waals surface area contributed by atoms with Crippen LogP contribution in [-0.2, 0) is 4.79 Å². The van der Waals surface area contributed by atoms with Crippen molar-refractivity contribution in [2.75, 3.05) is 16.8 Å². The zero-order chi connectivity index (χ0) is 11.7. The lowest BCUT2D eigenvalue weighted by Crippen LogP contribution is -2.43. The number of aromatic nitrogens is 1. The Morgan fingerprint density at radius 2 is 2.38 bits per heavy atom. The summed E-state index contributed by atoms with van der Waals surface area (Å²) in [4.78, 5) is 18.1. The van der Waals surface area contributed by atoms with Crippen molar-refractivity contribution in [3.8, 4) is 0 Å². The highest BCUT2D eigenvalue weighted by atomic mass is 16.2. The first kappa shape index (κ1) is 10.9. The largest absolute Gasteiger partial charge is 0.343 e. The van der Waals surface area contributed by atoms with Gasteiger partial charge in [-0.3, -0.25) is 4.79 Å². The van der Waals surface area contributed by atoms with Crippen molar-refractivity contribution in [1.82, 2.24) is 4.98 Å². The number of hydrogen-bond donors (Lipinski definition) is 1. The summed E-state index contributed by atoms with van der Waals surface area (Å²) in [5.74, 6) is 0.930. The number of nitrogens with one attached hydrogen (secondary N) is 1. The van der Waals surface area contributed by atoms with Gasteiger partial charge in [-0.25, -0.2) is 4.98 Å². The molecule has 1 aromatic heterocycles. The molecule has 0 spiro atoms. The van der Waals surface area contributed by atoms with Crippen LogP contribution < -0.4 is 10.2 Å². The van der Waals surface area contributed by atoms with E-state index in [1.54, 1.807) is 0 Å². The van der Waals surface area contributed by atoms with Gasteiger partial charge < -0.3 is 10.2 Å². The van der Waals surface area contributed by atoms with Gasteiger partial charge in [0.15, 0.2) is 5.82 Å². The van der Waals surface area contributed by atoms with Crippen LogP contribution in [0.3, 0.4) is 0 Å². The van der Waals surface area contributed by atoms with E-state index in [0.29, 0.717) is 12.6 Å². The van der Waals surface area contributed by atoms with Crippen LogP contribution in [0.25, 0.3) is 0 Å². The van der Waals surface area contributed by atoms with Crippen molar-refractivity contribution >= 4 is 17.4 Å². The SMILES string of the molecule is CCC(C)N1CC(=O)Nc2cc(C)cnc21. The molecule has 0 fully saturated rings. The lowest BCUT2D eigenvalue weighted by Gasteiger charge is -2.34. The van der Waals surface area contributed by atoms with E-state index in [1.807, 2.05) is 19.2 Å². The van der Waals surface area contributed by atoms with Gasteiger partial charge in [0.05, 0.1) is 12.2 Å². The molecule has 0 aliphatic carbocycles. The van der Waals surface area contributed by atoms with Crippen LogP contribution >= 0.6 is 0 Å². The van der Waals surface area contributed by atoms with Crippen molar-refractivity contribution in [2.45, 2.75) is 33.2 Å². The van der Waals surface area contributed by atoms with Gasteiger partial charge in [-0.2, -0.15) is 0 Å². The van der Waals surface area contributed by atoms with Crippen molar-refractivity contribution < 1.29 is 4.79 Å². The fraction of sp³-hybridized carbons (Fsp3) is 0.500. The molecular formula is C12H17N3O. The minimum Gasteiger partial charge on any atom is -0.343 e. The molecule has 2 rings (SSSR count). The van der Waals surface area contributed by atoms with Gasteiger partial charge >= 0.3 is 0 Å². The van der Waals surface area contributed by atoms with E-state index >= 15 is 0 Å². The lowest BCUT2D eigenvalue weighted by atomic mass is 10.1. The number of amides is 1. The molecule has 4 nitrogen and oxygen atoms in total. The second kappa shape index (κ2) is 4.12. The van der Waals surface area contributed by atoms with E-state index in [-0.39, 0.29) is 5.91 Å². The number of aryl methyl sites for hydroxylation is 1. The number of pyridine rings is 1. The molecule has 0 bridgehead atoms. The molecule has 1 amide bonds. The fourth-order valence-electron chi connectivity index (χ4n) is 1.89. The van der Waals surface area contributed by atoms with Crippen LogP contribution in [0.5, 0.6) is 0 Å². The molecule has 1 atom stereocenters. The molecule has 1 aliphatic heterocycles. The topological polar surface area (TPSA) is 45.2 Å². The second-order valence-corrected chi connectivity index (χ2v) is 4.32. The van der Waals surface area contributed by atoms with Crippen LogP contribution in [0.4, 0.5) is 11.5 Å². The van der Waals surface area contributed by atoms with E-state index in [0.717, 1.165) is 23.5 Å². The van der Waals surface area contributed by atoms with E-state index in [1.165, 1.54) is 0 Å². The van der Waals surface area contributed by atoms with Crippen LogP contribution in [0.2, 0.25) is 0 Å². The summed E-state index contributed by atoms with van der Waals surface area (Å²) in [6.07, 6.45) is 2.84. The van der Waals surface area contributed by atoms with E-state index in [2.05, 4.69) is 29.0 Å². The average Bonchev–Trinajstić information content (AvgIpc) is 2.26. The zero-order valence-electron chi connectivity index (χ0n) is 9.95. The highest BCUT2D eigenvalue weighted by molar-refractivity contribution is 6.00. The normalized spacial score (nSPS) is 16.7. The van der Waals surface area contributed by atoms with Crippen LogP contribution in [0.15, 0.2) is 12.3 Å². The number of anilines is 2. The molecule has 1 aromatic rings. The van der Waals surface area contributed by atoms with Gasteiger partial charge in [-0.1, -0.05) is 6.92 Å². The molecule has 0 aromatic carbocycles. The highest BCUT2D eigenvalue weighted by Crippen LogP contribution is 2.29. The Kier molecular flexibility index (Phi) is 2.81. The van der Waals surface area contributed by atoms with Crippen molar-refractivity contribution in [3.63, 3.8) is 0 Å². The number of carbonyl (C=O) groups excluding carboxylic acids is 1. The van der Waals surface area contributed by atoms with Crippen molar-refractivity contribution in [1.29, 1.82) is 0 Å². The van der Waals surface area contributed by atoms with E-state index in [9.17, 15) is 4.79 Å². The van der Waals surface area contributed by atoms with Gasteiger partial charge in [0.25, 0.3) is 0 Å². The summed E-state index contributed by atoms with van der Waals surface area (Å²) in [5.41, 5.74) is 1.89. The van der Waals surface area contributed by atoms with Gasteiger partial charge in [0, 0.05) is 12.2 Å². The Morgan fingerprint density at radius 3 is 3.06 bits per heavy atom. The third-order valence-electron chi connectivity index (χ3n) is 2.99. The van der Waals surface area contributed by atoms with E-state index in [4.69, 9.17) is 0 Å². The number of hydrogen-bond acceptors (Lipinski definition) is 3. The van der Waals surface area contributed by atoms with E-state index < -0.39 is 0 Å². The summed E-state index contributed by atoms with van der Waals surface area (Å²) >= 11 is 0. The summed E-state index contributed by atoms with van der Waals surface area (Å²) in [5, 5.41) is 2.87. The molecule has 0 saturated carbocycles. The van der Waals surface area contributed by atoms with Crippen LogP contribution in [0, 0.1) is 6.92 Å². The number of fused-ring (bicyclic) bond motifs is 1. The predicted molar refractivity (Wildman–Crippen MR) is 64.7 cm³/mol. The highest BCUT2D eigenvalue weighted by Gasteiger charge is 2.25. The molecule has 4 heteroatoms. The molecule has 1 unspecified atom stereocenters. The number of rotatable bonds is 2. The fourth-order valence-corrected chi connectivity index (χ4v) is 1.89. The maximum atomic E-state index is 11.6. The first-order valence-corrected chi connectivity index (χ1v) is 5.65. The summed E-state index contributed by atoms with van der Waals surface area (Å²) in [6.45, 7) is 6.61. The third-order valence-corrected chi connectivity index (χ3v) is 2.99. The Bertz CT molecular complexity index is 417. The average molecular weight is 219 g/mol. The first-order valence-electron chi connectivity index (χ1n) is 5.65. The van der Waals surface area contributed by atoms with Gasteiger partial charge in [-0.05, 0) is 31.9 Å². The minimum atomic E-state index is 0.0419. The standard InChI is InChI=1S/C12H17N3O/c1-4-9(3)15-7-11(16)14-10-5-8(2)6-13-12(10)15/h5-6,9H,4,7H2,1-3H3,(H,14,16). The number of carbonyl (C=O) groups is 1. The Balaban J connectivity index is 2.41. The molecule has 2 heterocycles. The summed E-state index contributed by atoms with van der Waals surface area (Å²) < 4.78 is 0. The van der Waals surface area contributed by atoms with Crippen LogP contribution in [-0.4, -0.2) is 23.5 Å². The molecule has 0 saturated heterocycles. The second-order valence-electron chi connectivity index (χ2n) is 4.32. The van der Waals surface area contributed by atoms with Gasteiger partial charge in [0.2, 0.25) is 5.91 Å². The Hall–Kier alpha value is -1.58. The third kappa shape index (κ3) is 1.87. The summed E-state index contributed by atoms with van der Waals surface area (Å²) in [6, 6.07) is 2.30. The maximum absolute atomic E-state index is 11.6. The quantitative estimate of drug-likeness (QED) is 0.826. The zero-order valence-corrected chi connectivity index (χ0v) is 9.95. The first-order chi connectivity index (χ1) is 7.61. The van der Waals surface area contributed by atoms with Gasteiger partial charge in [-0.15, -0.1) is 0 Å². The predicted octanol–water partition coefficient (Wildman–Crippen LogP) is 1.95. The molecule has 0 radical (unpaired) electrons. The molecule has 16 heavy (non-hydrogen) atoms. The summed E-state index contributed by atoms with van der Waals surface area (Å²) in [7, 11) is 0. The molecule has 86 valence electrons. The monoisotopic (exact) mass is 219 g/mol. The molecular weight excluding hydrogens is 202 g/mol. The number of nitrogens with zero attached hydrogens (tertiary/aromatic N) is 2. The van der Waals surface area contributed by atoms with Crippen molar-refractivity contribution in [3.05, 3.63) is 17.8 Å². The van der Waals surface area contributed by atoms with Gasteiger partial charge in [0.1, 0.15) is 0 Å². The van der Waals surface area contributed by atoms with Crippen LogP contribution in [0.1, 0.15) is 25.8 Å². The smallest absolute Gasteiger partial charge is 0.244 e.